The van der Waals surface area contributed by atoms with Crippen LogP contribution in [0.25, 0.3) is 0 Å². The van der Waals surface area contributed by atoms with Gasteiger partial charge in [-0.2, -0.15) is 4.31 Å². The molecule has 7 nitrogen and oxygen atoms in total. The Morgan fingerprint density at radius 1 is 1.10 bits per heavy atom. The Morgan fingerprint density at radius 2 is 1.77 bits per heavy atom. The number of nitrogens with zero attached hydrogens (tertiary/aromatic N) is 1. The Hall–Kier alpha value is -2.72. The summed E-state index contributed by atoms with van der Waals surface area (Å²) in [6.45, 7) is 0.132. The van der Waals surface area contributed by atoms with Gasteiger partial charge in [0.15, 0.2) is 11.5 Å². The summed E-state index contributed by atoms with van der Waals surface area (Å²) < 4.78 is 65.3. The lowest BCUT2D eigenvalue weighted by Gasteiger charge is -2.31. The number of carbonyl (C=O) groups is 1. The van der Waals surface area contributed by atoms with Crippen LogP contribution in [-0.4, -0.2) is 45.9 Å². The van der Waals surface area contributed by atoms with Crippen molar-refractivity contribution < 1.29 is 31.5 Å². The number of sulfonamides is 1. The number of methoxy groups -OCH3 is 2. The standard InChI is InChI=1S/C20H22F2N2O5S/c1-28-17-9-8-14(11-18(17)29-2)30(26,27)24-10-4-5-13(12-24)20(25)23-19-15(21)6-3-7-16(19)22/h3,6-9,11,13H,4-5,10,12H2,1-2H3,(H,23,25). The van der Waals surface area contributed by atoms with Crippen LogP contribution >= 0.6 is 0 Å². The Balaban J connectivity index is 1.79. The van der Waals surface area contributed by atoms with Crippen molar-refractivity contribution in [3.05, 3.63) is 48.0 Å². The normalized spacial score (nSPS) is 17.4. The quantitative estimate of drug-likeness (QED) is 0.747. The van der Waals surface area contributed by atoms with Gasteiger partial charge in [-0.3, -0.25) is 4.79 Å². The first-order chi connectivity index (χ1) is 14.3. The molecule has 1 amide bonds. The molecule has 2 aromatic carbocycles. The largest absolute Gasteiger partial charge is 0.493 e. The van der Waals surface area contributed by atoms with E-state index in [9.17, 15) is 22.0 Å². The zero-order valence-corrected chi connectivity index (χ0v) is 17.3. The molecule has 3 rings (SSSR count). The van der Waals surface area contributed by atoms with Gasteiger partial charge in [-0.05, 0) is 37.1 Å². The molecule has 1 fully saturated rings. The summed E-state index contributed by atoms with van der Waals surface area (Å²) >= 11 is 0. The van der Waals surface area contributed by atoms with E-state index in [0.717, 1.165) is 12.1 Å². The van der Waals surface area contributed by atoms with E-state index >= 15 is 0 Å². The fourth-order valence-corrected chi connectivity index (χ4v) is 4.88. The van der Waals surface area contributed by atoms with Gasteiger partial charge >= 0.3 is 0 Å². The number of rotatable bonds is 6. The number of para-hydroxylation sites is 1. The topological polar surface area (TPSA) is 84.9 Å². The number of piperidine rings is 1. The van der Waals surface area contributed by atoms with Gasteiger partial charge in [-0.15, -0.1) is 0 Å². The van der Waals surface area contributed by atoms with Crippen LogP contribution in [0, 0.1) is 17.6 Å². The van der Waals surface area contributed by atoms with Crippen molar-refractivity contribution in [2.24, 2.45) is 5.92 Å². The molecule has 0 spiro atoms. The molecule has 162 valence electrons. The molecule has 1 N–H and O–H groups in total. The van der Waals surface area contributed by atoms with Crippen LogP contribution in [0.3, 0.4) is 0 Å². The predicted octanol–water partition coefficient (Wildman–Crippen LogP) is 3.02. The van der Waals surface area contributed by atoms with E-state index in [2.05, 4.69) is 5.32 Å². The molecule has 1 aliphatic heterocycles. The van der Waals surface area contributed by atoms with Gasteiger partial charge in [-0.1, -0.05) is 6.07 Å². The highest BCUT2D eigenvalue weighted by atomic mass is 32.2. The van der Waals surface area contributed by atoms with Crippen molar-refractivity contribution in [3.63, 3.8) is 0 Å². The number of hydrogen-bond donors (Lipinski definition) is 1. The first-order valence-electron chi connectivity index (χ1n) is 9.25. The maximum Gasteiger partial charge on any atom is 0.243 e. The van der Waals surface area contributed by atoms with Gasteiger partial charge in [-0.25, -0.2) is 17.2 Å². The van der Waals surface area contributed by atoms with Gasteiger partial charge in [0.1, 0.15) is 17.3 Å². The molecule has 2 aromatic rings. The molecule has 1 heterocycles. The lowest BCUT2D eigenvalue weighted by molar-refractivity contribution is -0.120. The van der Waals surface area contributed by atoms with E-state index in [-0.39, 0.29) is 23.7 Å². The molecule has 30 heavy (non-hydrogen) atoms. The molecule has 1 unspecified atom stereocenters. The molecule has 0 saturated carbocycles. The second-order valence-corrected chi connectivity index (χ2v) is 8.74. The van der Waals surface area contributed by atoms with Crippen molar-refractivity contribution >= 4 is 21.6 Å². The summed E-state index contributed by atoms with van der Waals surface area (Å²) in [5.74, 6) is -2.51. The smallest absolute Gasteiger partial charge is 0.243 e. The van der Waals surface area contributed by atoms with E-state index in [1.54, 1.807) is 0 Å². The van der Waals surface area contributed by atoms with E-state index in [1.165, 1.54) is 42.8 Å². The molecule has 0 radical (unpaired) electrons. The second kappa shape index (κ2) is 8.97. The zero-order valence-electron chi connectivity index (χ0n) is 16.5. The molecule has 10 heteroatoms. The Labute approximate surface area is 173 Å². The highest BCUT2D eigenvalue weighted by molar-refractivity contribution is 7.89. The van der Waals surface area contributed by atoms with Crippen molar-refractivity contribution in [3.8, 4) is 11.5 Å². The Bertz CT molecular complexity index is 1030. The van der Waals surface area contributed by atoms with Gasteiger partial charge in [0, 0.05) is 19.2 Å². The summed E-state index contributed by atoms with van der Waals surface area (Å²) in [6.07, 6.45) is 0.838. The van der Waals surface area contributed by atoms with Crippen LogP contribution < -0.4 is 14.8 Å². The molecular weight excluding hydrogens is 418 g/mol. The summed E-state index contributed by atoms with van der Waals surface area (Å²) in [5.41, 5.74) is -0.539. The number of carbonyl (C=O) groups excluding carboxylic acids is 1. The van der Waals surface area contributed by atoms with Crippen LogP contribution in [0.1, 0.15) is 12.8 Å². The molecular formula is C20H22F2N2O5S. The number of hydrogen-bond acceptors (Lipinski definition) is 5. The average molecular weight is 440 g/mol. The molecule has 1 aliphatic rings. The fourth-order valence-electron chi connectivity index (χ4n) is 3.34. The minimum absolute atomic E-state index is 0.00126. The van der Waals surface area contributed by atoms with Crippen molar-refractivity contribution in [2.75, 3.05) is 32.6 Å². The Kier molecular flexibility index (Phi) is 6.57. The van der Waals surface area contributed by atoms with E-state index in [1.807, 2.05) is 0 Å². The number of benzene rings is 2. The number of amides is 1. The van der Waals surface area contributed by atoms with E-state index in [4.69, 9.17) is 9.47 Å². The number of halogens is 2. The number of nitrogens with one attached hydrogen (secondary N) is 1. The van der Waals surface area contributed by atoms with Crippen LogP contribution in [0.4, 0.5) is 14.5 Å². The highest BCUT2D eigenvalue weighted by Crippen LogP contribution is 2.32. The second-order valence-electron chi connectivity index (χ2n) is 6.80. The molecule has 1 saturated heterocycles. The van der Waals surface area contributed by atoms with Gasteiger partial charge in [0.2, 0.25) is 15.9 Å². The number of ether oxygens (including phenoxy) is 2. The third kappa shape index (κ3) is 4.39. The SMILES string of the molecule is COc1ccc(S(=O)(=O)N2CCCC(C(=O)Nc3c(F)cccc3F)C2)cc1OC. The van der Waals surface area contributed by atoms with Crippen molar-refractivity contribution in [2.45, 2.75) is 17.7 Å². The maximum absolute atomic E-state index is 13.8. The maximum atomic E-state index is 13.8. The first kappa shape index (κ1) is 22.0. The van der Waals surface area contributed by atoms with Gasteiger partial charge in [0.25, 0.3) is 0 Å². The summed E-state index contributed by atoms with van der Waals surface area (Å²) in [5, 5.41) is 2.25. The summed E-state index contributed by atoms with van der Waals surface area (Å²) in [6, 6.07) is 7.50. The van der Waals surface area contributed by atoms with E-state index in [0.29, 0.717) is 18.6 Å². The monoisotopic (exact) mass is 440 g/mol. The minimum Gasteiger partial charge on any atom is -0.493 e. The Morgan fingerprint density at radius 3 is 2.40 bits per heavy atom. The average Bonchev–Trinajstić information content (AvgIpc) is 2.75. The van der Waals surface area contributed by atoms with Crippen molar-refractivity contribution in [1.29, 1.82) is 0 Å². The van der Waals surface area contributed by atoms with Crippen LogP contribution in [-0.2, 0) is 14.8 Å². The van der Waals surface area contributed by atoms with Crippen molar-refractivity contribution in [1.82, 2.24) is 4.31 Å². The minimum atomic E-state index is -3.91. The zero-order chi connectivity index (χ0) is 21.9. The first-order valence-corrected chi connectivity index (χ1v) is 10.7. The summed E-state index contributed by atoms with van der Waals surface area (Å²) in [4.78, 5) is 12.6. The molecule has 1 atom stereocenters. The van der Waals surface area contributed by atoms with E-state index < -0.39 is 39.2 Å². The highest BCUT2D eigenvalue weighted by Gasteiger charge is 2.34. The molecule has 0 aliphatic carbocycles. The lowest BCUT2D eigenvalue weighted by atomic mass is 9.98. The van der Waals surface area contributed by atoms with Crippen LogP contribution in [0.2, 0.25) is 0 Å². The van der Waals surface area contributed by atoms with Gasteiger partial charge in [0.05, 0.1) is 25.0 Å². The van der Waals surface area contributed by atoms with Crippen LogP contribution in [0.15, 0.2) is 41.3 Å². The third-order valence-corrected chi connectivity index (χ3v) is 6.82. The summed E-state index contributed by atoms with van der Waals surface area (Å²) in [7, 11) is -1.06. The predicted molar refractivity (Wildman–Crippen MR) is 106 cm³/mol. The van der Waals surface area contributed by atoms with Gasteiger partial charge < -0.3 is 14.8 Å². The van der Waals surface area contributed by atoms with Crippen LogP contribution in [0.5, 0.6) is 11.5 Å². The lowest BCUT2D eigenvalue weighted by Crippen LogP contribution is -2.43. The third-order valence-electron chi connectivity index (χ3n) is 4.96. The fraction of sp³-hybridized carbons (Fsp3) is 0.350. The molecule has 0 aromatic heterocycles. The number of anilines is 1. The molecule has 0 bridgehead atoms.